The molecule has 0 heterocycles. The first kappa shape index (κ1) is 23.8. The first-order valence-corrected chi connectivity index (χ1v) is 8.80. The molecule has 0 atom stereocenters. The van der Waals surface area contributed by atoms with E-state index in [1.54, 1.807) is 6.07 Å². The molecule has 1 amide bonds. The second-order valence-corrected chi connectivity index (χ2v) is 5.98. The molecule has 8 heteroatoms. The minimum atomic E-state index is -0.501. The van der Waals surface area contributed by atoms with Crippen LogP contribution in [0.4, 0.5) is 8.78 Å². The van der Waals surface area contributed by atoms with Gasteiger partial charge in [-0.1, -0.05) is 17.7 Å². The largest absolute Gasteiger partial charge is 0.357 e. The number of amides is 1. The number of carbonyl (C=O) groups excluding carboxylic acids is 1. The molecule has 2 aromatic carbocycles. The fourth-order valence-corrected chi connectivity index (χ4v) is 2.42. The summed E-state index contributed by atoms with van der Waals surface area (Å²) in [6.07, 6.45) is 0. The smallest absolute Gasteiger partial charge is 0.251 e. The molecule has 0 radical (unpaired) electrons. The quantitative estimate of drug-likeness (QED) is 0.236. The number of halogens is 3. The van der Waals surface area contributed by atoms with Crippen LogP contribution in [0.3, 0.4) is 0 Å². The van der Waals surface area contributed by atoms with Gasteiger partial charge in [-0.3, -0.25) is 4.79 Å². The number of aryl methyl sites for hydroxylation is 1. The van der Waals surface area contributed by atoms with Gasteiger partial charge in [-0.15, -0.1) is 24.0 Å². The summed E-state index contributed by atoms with van der Waals surface area (Å²) in [6, 6.07) is 10.6. The number of hydrogen-bond acceptors (Lipinski definition) is 2. The van der Waals surface area contributed by atoms with Crippen molar-refractivity contribution in [1.82, 2.24) is 16.0 Å². The van der Waals surface area contributed by atoms with Crippen LogP contribution in [-0.2, 0) is 6.54 Å². The number of rotatable bonds is 7. The molecule has 0 aromatic heterocycles. The van der Waals surface area contributed by atoms with Crippen molar-refractivity contribution in [3.63, 3.8) is 0 Å². The zero-order valence-corrected chi connectivity index (χ0v) is 18.2. The number of guanidine groups is 1. The van der Waals surface area contributed by atoms with E-state index in [0.717, 1.165) is 23.8 Å². The maximum absolute atomic E-state index is 13.7. The third kappa shape index (κ3) is 7.79. The lowest BCUT2D eigenvalue weighted by Crippen LogP contribution is -2.41. The van der Waals surface area contributed by atoms with Gasteiger partial charge in [0.25, 0.3) is 5.91 Å². The first-order valence-electron chi connectivity index (χ1n) is 8.80. The van der Waals surface area contributed by atoms with Crippen molar-refractivity contribution in [3.05, 3.63) is 70.8 Å². The maximum Gasteiger partial charge on any atom is 0.251 e. The monoisotopic (exact) mass is 502 g/mol. The number of hydrogen-bond donors (Lipinski definition) is 3. The third-order valence-corrected chi connectivity index (χ3v) is 3.74. The number of benzene rings is 2. The first-order chi connectivity index (χ1) is 13.0. The highest BCUT2D eigenvalue weighted by atomic mass is 127. The van der Waals surface area contributed by atoms with E-state index < -0.39 is 11.6 Å². The van der Waals surface area contributed by atoms with Crippen LogP contribution >= 0.6 is 24.0 Å². The number of carbonyl (C=O) groups is 1. The van der Waals surface area contributed by atoms with Gasteiger partial charge in [0.2, 0.25) is 0 Å². The Hall–Kier alpha value is -2.23. The Morgan fingerprint density at radius 3 is 2.50 bits per heavy atom. The normalized spacial score (nSPS) is 10.8. The summed E-state index contributed by atoms with van der Waals surface area (Å²) in [5, 5.41) is 8.90. The lowest BCUT2D eigenvalue weighted by atomic mass is 10.1. The van der Waals surface area contributed by atoms with Crippen LogP contribution < -0.4 is 16.0 Å². The van der Waals surface area contributed by atoms with Crippen LogP contribution in [-0.4, -0.2) is 31.5 Å². The number of nitrogens with one attached hydrogen (secondary N) is 3. The summed E-state index contributed by atoms with van der Waals surface area (Å²) in [6.45, 7) is 5.29. The fraction of sp³-hybridized carbons (Fsp3) is 0.300. The van der Waals surface area contributed by atoms with E-state index in [2.05, 4.69) is 20.9 Å². The van der Waals surface area contributed by atoms with Crippen LogP contribution in [0.1, 0.15) is 28.4 Å². The van der Waals surface area contributed by atoms with Crippen molar-refractivity contribution < 1.29 is 13.6 Å². The minimum Gasteiger partial charge on any atom is -0.357 e. The van der Waals surface area contributed by atoms with Crippen LogP contribution in [0.5, 0.6) is 0 Å². The highest BCUT2D eigenvalue weighted by Gasteiger charge is 2.06. The van der Waals surface area contributed by atoms with Crippen LogP contribution in [0.25, 0.3) is 0 Å². The standard InChI is InChI=1S/C20H24F2N4O.HI/c1-3-23-20(26-13-16-12-17(21)7-8-18(16)22)25-10-9-24-19(27)15-6-4-5-14(2)11-15;/h4-8,11-12H,3,9-10,13H2,1-2H3,(H,24,27)(H2,23,25,26);1H. The lowest BCUT2D eigenvalue weighted by Gasteiger charge is -2.12. The molecule has 5 nitrogen and oxygen atoms in total. The van der Waals surface area contributed by atoms with Crippen LogP contribution in [0.15, 0.2) is 47.5 Å². The van der Waals surface area contributed by atoms with Crippen molar-refractivity contribution in [3.8, 4) is 0 Å². The molecule has 2 rings (SSSR count). The summed E-state index contributed by atoms with van der Waals surface area (Å²) in [5.74, 6) is -0.685. The highest BCUT2D eigenvalue weighted by molar-refractivity contribution is 14.0. The van der Waals surface area contributed by atoms with E-state index >= 15 is 0 Å². The summed E-state index contributed by atoms with van der Waals surface area (Å²) in [4.78, 5) is 16.3. The molecule has 0 spiro atoms. The molecule has 0 aliphatic heterocycles. The lowest BCUT2D eigenvalue weighted by molar-refractivity contribution is 0.0954. The molecule has 0 aliphatic rings. The molecule has 0 bridgehead atoms. The Balaban J connectivity index is 0.00000392. The molecule has 3 N–H and O–H groups in total. The maximum atomic E-state index is 13.7. The van der Waals surface area contributed by atoms with Gasteiger partial charge in [0.15, 0.2) is 5.96 Å². The van der Waals surface area contributed by atoms with Gasteiger partial charge in [0, 0.05) is 30.8 Å². The number of aliphatic imine (C=N–C) groups is 1. The molecule has 0 saturated carbocycles. The summed E-state index contributed by atoms with van der Waals surface area (Å²) in [5.41, 5.74) is 1.81. The topological polar surface area (TPSA) is 65.5 Å². The van der Waals surface area contributed by atoms with Crippen molar-refractivity contribution >= 4 is 35.8 Å². The molecule has 0 unspecified atom stereocenters. The van der Waals surface area contributed by atoms with Crippen LogP contribution in [0, 0.1) is 18.6 Å². The highest BCUT2D eigenvalue weighted by Crippen LogP contribution is 2.10. The van der Waals surface area contributed by atoms with Crippen molar-refractivity contribution in [2.24, 2.45) is 4.99 Å². The molecular weight excluding hydrogens is 477 g/mol. The predicted molar refractivity (Wildman–Crippen MR) is 118 cm³/mol. The van der Waals surface area contributed by atoms with Gasteiger partial charge in [-0.25, -0.2) is 13.8 Å². The molecule has 0 aliphatic carbocycles. The zero-order chi connectivity index (χ0) is 19.6. The second kappa shape index (κ2) is 12.3. The Morgan fingerprint density at radius 1 is 1.04 bits per heavy atom. The van der Waals surface area contributed by atoms with E-state index in [-0.39, 0.29) is 42.0 Å². The Morgan fingerprint density at radius 2 is 1.79 bits per heavy atom. The molecule has 0 fully saturated rings. The molecule has 0 saturated heterocycles. The van der Waals surface area contributed by atoms with Gasteiger partial charge < -0.3 is 16.0 Å². The summed E-state index contributed by atoms with van der Waals surface area (Å²) in [7, 11) is 0. The summed E-state index contributed by atoms with van der Waals surface area (Å²) >= 11 is 0. The minimum absolute atomic E-state index is 0. The van der Waals surface area contributed by atoms with Crippen LogP contribution in [0.2, 0.25) is 0 Å². The van der Waals surface area contributed by atoms with Crippen molar-refractivity contribution in [2.45, 2.75) is 20.4 Å². The Bertz CT molecular complexity index is 815. The SMILES string of the molecule is CCNC(=NCc1cc(F)ccc1F)NCCNC(=O)c1cccc(C)c1.I. The van der Waals surface area contributed by atoms with E-state index in [4.69, 9.17) is 0 Å². The van der Waals surface area contributed by atoms with E-state index in [1.807, 2.05) is 32.0 Å². The van der Waals surface area contributed by atoms with E-state index in [9.17, 15) is 13.6 Å². The van der Waals surface area contributed by atoms with Crippen molar-refractivity contribution in [2.75, 3.05) is 19.6 Å². The van der Waals surface area contributed by atoms with Crippen molar-refractivity contribution in [1.29, 1.82) is 0 Å². The van der Waals surface area contributed by atoms with Gasteiger partial charge in [-0.2, -0.15) is 0 Å². The Labute approximate surface area is 181 Å². The fourth-order valence-electron chi connectivity index (χ4n) is 2.42. The van der Waals surface area contributed by atoms with Gasteiger partial charge >= 0.3 is 0 Å². The van der Waals surface area contributed by atoms with Gasteiger partial charge in [0.05, 0.1) is 6.54 Å². The molecule has 28 heavy (non-hydrogen) atoms. The third-order valence-electron chi connectivity index (χ3n) is 3.74. The van der Waals surface area contributed by atoms with Gasteiger partial charge in [-0.05, 0) is 44.2 Å². The second-order valence-electron chi connectivity index (χ2n) is 5.98. The average molecular weight is 502 g/mol. The summed E-state index contributed by atoms with van der Waals surface area (Å²) < 4.78 is 26.9. The zero-order valence-electron chi connectivity index (χ0n) is 15.9. The van der Waals surface area contributed by atoms with E-state index in [0.29, 0.717) is 31.2 Å². The van der Waals surface area contributed by atoms with Gasteiger partial charge in [0.1, 0.15) is 11.6 Å². The molecular formula is C20H25F2IN4O. The average Bonchev–Trinajstić information content (AvgIpc) is 2.65. The molecule has 152 valence electrons. The van der Waals surface area contributed by atoms with E-state index in [1.165, 1.54) is 0 Å². The molecule has 2 aromatic rings. The predicted octanol–water partition coefficient (Wildman–Crippen LogP) is 3.38. The Kier molecular flexibility index (Phi) is 10.4. The number of nitrogens with zero attached hydrogens (tertiary/aromatic N) is 1.